The van der Waals surface area contributed by atoms with Crippen molar-refractivity contribution >= 4 is 18.0 Å². The Labute approximate surface area is 104 Å². The fourth-order valence-corrected chi connectivity index (χ4v) is 1.80. The Bertz CT molecular complexity index is 326. The monoisotopic (exact) mass is 258 g/mol. The quantitative estimate of drug-likeness (QED) is 0.491. The van der Waals surface area contributed by atoms with Crippen LogP contribution in [0.15, 0.2) is 0 Å². The van der Waals surface area contributed by atoms with Crippen molar-refractivity contribution in [3.63, 3.8) is 0 Å². The third-order valence-electron chi connectivity index (χ3n) is 2.83. The van der Waals surface area contributed by atoms with E-state index in [4.69, 9.17) is 10.8 Å². The first-order chi connectivity index (χ1) is 8.50. The minimum atomic E-state index is -0.805. The number of hydrogen-bond donors (Lipinski definition) is 4. The third kappa shape index (κ3) is 4.48. The van der Waals surface area contributed by atoms with E-state index in [9.17, 15) is 14.4 Å². The average molecular weight is 258 g/mol. The van der Waals surface area contributed by atoms with Gasteiger partial charge in [-0.05, 0) is 12.8 Å². The van der Waals surface area contributed by atoms with Crippen LogP contribution in [0.1, 0.15) is 12.8 Å². The first-order valence-corrected chi connectivity index (χ1v) is 5.79. The summed E-state index contributed by atoms with van der Waals surface area (Å²) in [4.78, 5) is 34.3. The highest BCUT2D eigenvalue weighted by Crippen LogP contribution is 2.16. The lowest BCUT2D eigenvalue weighted by Crippen LogP contribution is -2.47. The zero-order valence-electron chi connectivity index (χ0n) is 10.0. The SMILES string of the molecule is NC(=O)NCCNC(=O)N1CCC(C(=O)O)CC1. The normalized spacial score (nSPS) is 16.1. The molecule has 8 heteroatoms. The highest BCUT2D eigenvalue weighted by molar-refractivity contribution is 5.75. The number of nitrogens with one attached hydrogen (secondary N) is 2. The Kier molecular flexibility index (Phi) is 5.22. The molecule has 0 radical (unpaired) electrons. The molecule has 18 heavy (non-hydrogen) atoms. The number of piperidine rings is 1. The molecular formula is C10H18N4O4. The lowest BCUT2D eigenvalue weighted by molar-refractivity contribution is -0.143. The van der Waals surface area contributed by atoms with Crippen molar-refractivity contribution in [3.05, 3.63) is 0 Å². The number of amides is 4. The summed E-state index contributed by atoms with van der Waals surface area (Å²) >= 11 is 0. The minimum Gasteiger partial charge on any atom is -0.481 e. The number of nitrogens with two attached hydrogens (primary N) is 1. The van der Waals surface area contributed by atoms with Crippen molar-refractivity contribution in [2.75, 3.05) is 26.2 Å². The van der Waals surface area contributed by atoms with Gasteiger partial charge in [-0.1, -0.05) is 0 Å². The predicted molar refractivity (Wildman–Crippen MR) is 62.9 cm³/mol. The topological polar surface area (TPSA) is 125 Å². The van der Waals surface area contributed by atoms with Gasteiger partial charge in [0.1, 0.15) is 0 Å². The Hall–Kier alpha value is -1.99. The Morgan fingerprint density at radius 2 is 1.72 bits per heavy atom. The van der Waals surface area contributed by atoms with E-state index < -0.39 is 12.0 Å². The van der Waals surface area contributed by atoms with Crippen LogP contribution in [0.3, 0.4) is 0 Å². The van der Waals surface area contributed by atoms with Crippen molar-refractivity contribution in [1.29, 1.82) is 0 Å². The number of carbonyl (C=O) groups excluding carboxylic acids is 2. The molecule has 102 valence electrons. The summed E-state index contributed by atoms with van der Waals surface area (Å²) in [6.07, 6.45) is 0.949. The molecular weight excluding hydrogens is 240 g/mol. The van der Waals surface area contributed by atoms with Crippen LogP contribution in [0.4, 0.5) is 9.59 Å². The van der Waals surface area contributed by atoms with Gasteiger partial charge < -0.3 is 26.4 Å². The minimum absolute atomic E-state index is 0.245. The van der Waals surface area contributed by atoms with Crippen LogP contribution in [0, 0.1) is 5.92 Å². The second-order valence-electron chi connectivity index (χ2n) is 4.12. The van der Waals surface area contributed by atoms with Gasteiger partial charge in [0.2, 0.25) is 0 Å². The van der Waals surface area contributed by atoms with Crippen LogP contribution in [-0.2, 0) is 4.79 Å². The van der Waals surface area contributed by atoms with E-state index in [2.05, 4.69) is 10.6 Å². The lowest BCUT2D eigenvalue weighted by atomic mass is 9.97. The van der Waals surface area contributed by atoms with E-state index in [-0.39, 0.29) is 18.5 Å². The summed E-state index contributed by atoms with van der Waals surface area (Å²) in [5.74, 6) is -1.16. The van der Waals surface area contributed by atoms with E-state index in [0.717, 1.165) is 0 Å². The van der Waals surface area contributed by atoms with Crippen molar-refractivity contribution in [3.8, 4) is 0 Å². The molecule has 0 saturated carbocycles. The van der Waals surface area contributed by atoms with Gasteiger partial charge in [0.15, 0.2) is 0 Å². The van der Waals surface area contributed by atoms with Gasteiger partial charge in [-0.15, -0.1) is 0 Å². The Balaban J connectivity index is 2.20. The van der Waals surface area contributed by atoms with Crippen molar-refractivity contribution in [2.45, 2.75) is 12.8 Å². The summed E-state index contributed by atoms with van der Waals surface area (Å²) in [5.41, 5.74) is 4.87. The third-order valence-corrected chi connectivity index (χ3v) is 2.83. The molecule has 0 bridgehead atoms. The van der Waals surface area contributed by atoms with Crippen LogP contribution in [0.2, 0.25) is 0 Å². The number of nitrogens with zero attached hydrogens (tertiary/aromatic N) is 1. The molecule has 0 atom stereocenters. The van der Waals surface area contributed by atoms with Gasteiger partial charge in [0.25, 0.3) is 0 Å². The summed E-state index contributed by atoms with van der Waals surface area (Å²) in [5, 5.41) is 13.8. The first kappa shape index (κ1) is 14.1. The first-order valence-electron chi connectivity index (χ1n) is 5.79. The molecule has 1 heterocycles. The van der Waals surface area contributed by atoms with Crippen molar-refractivity contribution in [1.82, 2.24) is 15.5 Å². The number of primary amides is 1. The summed E-state index contributed by atoms with van der Waals surface area (Å²) in [6, 6.07) is -0.878. The number of carboxylic acid groups (broad SMARTS) is 1. The molecule has 1 aliphatic heterocycles. The van der Waals surface area contributed by atoms with E-state index in [1.54, 1.807) is 4.90 Å². The van der Waals surface area contributed by atoms with E-state index in [0.29, 0.717) is 32.5 Å². The fourth-order valence-electron chi connectivity index (χ4n) is 1.80. The van der Waals surface area contributed by atoms with Gasteiger partial charge in [-0.2, -0.15) is 0 Å². The molecule has 0 spiro atoms. The molecule has 8 nitrogen and oxygen atoms in total. The zero-order valence-corrected chi connectivity index (χ0v) is 10.0. The zero-order chi connectivity index (χ0) is 13.5. The number of aliphatic carboxylic acids is 1. The van der Waals surface area contributed by atoms with E-state index in [1.165, 1.54) is 0 Å². The standard InChI is InChI=1S/C10H18N4O4/c11-9(17)12-3-4-13-10(18)14-5-1-7(2-6-14)8(15)16/h7H,1-6H2,(H,13,18)(H,15,16)(H3,11,12,17). The van der Waals surface area contributed by atoms with Gasteiger partial charge in [-0.25, -0.2) is 9.59 Å². The second-order valence-corrected chi connectivity index (χ2v) is 4.12. The Morgan fingerprint density at radius 1 is 1.17 bits per heavy atom. The summed E-state index contributed by atoms with van der Waals surface area (Å²) in [6.45, 7) is 1.44. The molecule has 1 aliphatic rings. The molecule has 0 aromatic carbocycles. The molecule has 4 amide bonds. The molecule has 0 unspecified atom stereocenters. The summed E-state index contributed by atoms with van der Waals surface area (Å²) < 4.78 is 0. The van der Waals surface area contributed by atoms with Crippen LogP contribution in [-0.4, -0.2) is 54.2 Å². The van der Waals surface area contributed by atoms with Crippen LogP contribution >= 0.6 is 0 Å². The highest BCUT2D eigenvalue weighted by atomic mass is 16.4. The number of rotatable bonds is 4. The maximum Gasteiger partial charge on any atom is 0.317 e. The lowest BCUT2D eigenvalue weighted by Gasteiger charge is -2.30. The van der Waals surface area contributed by atoms with Crippen molar-refractivity contribution < 1.29 is 19.5 Å². The second kappa shape index (κ2) is 6.67. The number of urea groups is 2. The van der Waals surface area contributed by atoms with Crippen LogP contribution in [0.25, 0.3) is 0 Å². The highest BCUT2D eigenvalue weighted by Gasteiger charge is 2.26. The number of likely N-dealkylation sites (tertiary alicyclic amines) is 1. The maximum atomic E-state index is 11.6. The fraction of sp³-hybridized carbons (Fsp3) is 0.700. The molecule has 0 aliphatic carbocycles. The van der Waals surface area contributed by atoms with E-state index >= 15 is 0 Å². The number of hydrogen-bond acceptors (Lipinski definition) is 3. The molecule has 0 aromatic heterocycles. The average Bonchev–Trinajstić information content (AvgIpc) is 2.34. The van der Waals surface area contributed by atoms with E-state index in [1.807, 2.05) is 0 Å². The summed E-state index contributed by atoms with van der Waals surface area (Å²) in [7, 11) is 0. The Morgan fingerprint density at radius 3 is 2.22 bits per heavy atom. The molecule has 1 fully saturated rings. The van der Waals surface area contributed by atoms with Gasteiger partial charge in [-0.3, -0.25) is 4.79 Å². The smallest absolute Gasteiger partial charge is 0.317 e. The van der Waals surface area contributed by atoms with Crippen LogP contribution in [0.5, 0.6) is 0 Å². The number of carboxylic acids is 1. The van der Waals surface area contributed by atoms with Crippen LogP contribution < -0.4 is 16.4 Å². The molecule has 5 N–H and O–H groups in total. The van der Waals surface area contributed by atoms with Gasteiger partial charge >= 0.3 is 18.0 Å². The molecule has 1 rings (SSSR count). The molecule has 0 aromatic rings. The molecule has 1 saturated heterocycles. The maximum absolute atomic E-state index is 11.6. The van der Waals surface area contributed by atoms with Gasteiger partial charge in [0.05, 0.1) is 5.92 Å². The largest absolute Gasteiger partial charge is 0.481 e. The number of carbonyl (C=O) groups is 3. The van der Waals surface area contributed by atoms with Gasteiger partial charge in [0, 0.05) is 26.2 Å². The van der Waals surface area contributed by atoms with Crippen molar-refractivity contribution in [2.24, 2.45) is 11.7 Å². The predicted octanol–water partition coefficient (Wildman–Crippen LogP) is -0.839.